The molecule has 0 aliphatic carbocycles. The van der Waals surface area contributed by atoms with E-state index >= 15 is 0 Å². The first-order valence-electron chi connectivity index (χ1n) is 8.72. The molecule has 2 aromatic rings. The highest BCUT2D eigenvalue weighted by molar-refractivity contribution is 14.1. The maximum absolute atomic E-state index is 12.5. The third kappa shape index (κ3) is 6.56. The van der Waals surface area contributed by atoms with E-state index in [2.05, 4.69) is 5.32 Å². The van der Waals surface area contributed by atoms with Crippen LogP contribution in [0.4, 0.5) is 10.5 Å². The Balaban J connectivity index is 2.29. The van der Waals surface area contributed by atoms with Gasteiger partial charge in [-0.25, -0.2) is 9.59 Å². The summed E-state index contributed by atoms with van der Waals surface area (Å²) in [6.45, 7) is 1.44. The van der Waals surface area contributed by atoms with Gasteiger partial charge in [0.05, 0.1) is 0 Å². The molecule has 0 aliphatic rings. The minimum Gasteiger partial charge on any atom is -0.508 e. The highest BCUT2D eigenvalue weighted by Crippen LogP contribution is 2.33. The molecule has 0 aliphatic heterocycles. The van der Waals surface area contributed by atoms with E-state index in [1.165, 1.54) is 26.2 Å². The summed E-state index contributed by atoms with van der Waals surface area (Å²) in [5, 5.41) is 21.7. The van der Waals surface area contributed by atoms with Crippen LogP contribution in [0.15, 0.2) is 54.6 Å². The number of carbonyl (C=O) groups is 3. The number of anilines is 1. The summed E-state index contributed by atoms with van der Waals surface area (Å²) in [5.74, 6) is -1.44. The number of hydrogen-bond acceptors (Lipinski definition) is 6. The maximum Gasteiger partial charge on any atom is 0.412 e. The average molecular weight is 525 g/mol. The molecule has 0 heterocycles. The van der Waals surface area contributed by atoms with Gasteiger partial charge >= 0.3 is 12.1 Å². The number of Topliss-reactive ketones (excluding diaryl/α,β-unsaturated/α-hetero) is 1. The summed E-state index contributed by atoms with van der Waals surface area (Å²) >= 11 is 2.04. The second kappa shape index (κ2) is 10.7. The number of carbonyl (C=O) groups excluding carboxylic acids is 2. The summed E-state index contributed by atoms with van der Waals surface area (Å²) in [6, 6.07) is 10.9. The van der Waals surface area contributed by atoms with Gasteiger partial charge in [-0.3, -0.25) is 10.1 Å². The predicted molar refractivity (Wildman–Crippen MR) is 118 cm³/mol. The number of amides is 1. The fourth-order valence-electron chi connectivity index (χ4n) is 2.59. The molecule has 30 heavy (non-hydrogen) atoms. The summed E-state index contributed by atoms with van der Waals surface area (Å²) in [4.78, 5) is 34.8. The lowest BCUT2D eigenvalue weighted by Gasteiger charge is -2.25. The third-order valence-electron chi connectivity index (χ3n) is 4.07. The van der Waals surface area contributed by atoms with Gasteiger partial charge < -0.3 is 19.7 Å². The lowest BCUT2D eigenvalue weighted by atomic mass is 10.0. The molecular formula is C21H20INO7. The van der Waals surface area contributed by atoms with E-state index < -0.39 is 24.3 Å². The second-order valence-corrected chi connectivity index (χ2v) is 7.43. The molecule has 9 heteroatoms. The minimum atomic E-state index is -1.20. The SMILES string of the molecule is CO[C@H](/C=C/C(=O)O)[C@H](OC(=O)Nc1ccc(C(C)=O)cc1)c1cc(I)ccc1O. The number of phenolic OH excluding ortho intramolecular Hbond substituents is 1. The lowest BCUT2D eigenvalue weighted by molar-refractivity contribution is -0.131. The Hall–Kier alpha value is -2.92. The molecule has 3 N–H and O–H groups in total. The van der Waals surface area contributed by atoms with Crippen LogP contribution in [0.25, 0.3) is 0 Å². The van der Waals surface area contributed by atoms with Crippen molar-refractivity contribution in [2.45, 2.75) is 19.1 Å². The number of carboxylic acid groups (broad SMARTS) is 1. The Morgan fingerprint density at radius 2 is 1.80 bits per heavy atom. The number of benzene rings is 2. The van der Waals surface area contributed by atoms with Crippen molar-refractivity contribution in [1.29, 1.82) is 0 Å². The highest BCUT2D eigenvalue weighted by atomic mass is 127. The van der Waals surface area contributed by atoms with E-state index in [-0.39, 0.29) is 17.1 Å². The quantitative estimate of drug-likeness (QED) is 0.269. The molecule has 0 aromatic heterocycles. The molecule has 0 saturated heterocycles. The molecule has 158 valence electrons. The van der Waals surface area contributed by atoms with Crippen molar-refractivity contribution >= 4 is 46.1 Å². The molecule has 8 nitrogen and oxygen atoms in total. The van der Waals surface area contributed by atoms with Gasteiger partial charge in [0.15, 0.2) is 11.9 Å². The largest absolute Gasteiger partial charge is 0.508 e. The van der Waals surface area contributed by atoms with Gasteiger partial charge in [0.25, 0.3) is 0 Å². The average Bonchev–Trinajstić information content (AvgIpc) is 2.69. The van der Waals surface area contributed by atoms with Gasteiger partial charge in [0.2, 0.25) is 0 Å². The molecule has 2 atom stereocenters. The molecule has 0 unspecified atom stereocenters. The Kier molecular flexibility index (Phi) is 8.36. The number of ether oxygens (including phenoxy) is 2. The van der Waals surface area contributed by atoms with Crippen LogP contribution in [-0.4, -0.2) is 41.3 Å². The third-order valence-corrected chi connectivity index (χ3v) is 4.74. The molecule has 2 rings (SSSR count). The fourth-order valence-corrected chi connectivity index (χ4v) is 3.11. The van der Waals surface area contributed by atoms with E-state index in [1.807, 2.05) is 22.6 Å². The number of carboxylic acids is 1. The van der Waals surface area contributed by atoms with Crippen LogP contribution in [0, 0.1) is 3.57 Å². The molecule has 2 aromatic carbocycles. The number of halogens is 1. The molecule has 0 spiro atoms. The van der Waals surface area contributed by atoms with Crippen LogP contribution in [0.2, 0.25) is 0 Å². The first-order valence-corrected chi connectivity index (χ1v) is 9.80. The van der Waals surface area contributed by atoms with Crippen LogP contribution in [0.1, 0.15) is 28.9 Å². The number of hydrogen-bond donors (Lipinski definition) is 3. The monoisotopic (exact) mass is 525 g/mol. The molecule has 0 bridgehead atoms. The Morgan fingerprint density at radius 3 is 2.37 bits per heavy atom. The van der Waals surface area contributed by atoms with Crippen LogP contribution < -0.4 is 5.32 Å². The van der Waals surface area contributed by atoms with Crippen molar-refractivity contribution in [1.82, 2.24) is 0 Å². The summed E-state index contributed by atoms with van der Waals surface area (Å²) in [6.07, 6.45) is -0.859. The minimum absolute atomic E-state index is 0.105. The Morgan fingerprint density at radius 1 is 1.13 bits per heavy atom. The molecule has 0 fully saturated rings. The van der Waals surface area contributed by atoms with E-state index in [0.717, 1.165) is 9.65 Å². The molecule has 0 saturated carbocycles. The zero-order valence-electron chi connectivity index (χ0n) is 16.2. The molecular weight excluding hydrogens is 505 g/mol. The zero-order valence-corrected chi connectivity index (χ0v) is 18.3. The number of nitrogens with one attached hydrogen (secondary N) is 1. The fraction of sp³-hybridized carbons (Fsp3) is 0.190. The van der Waals surface area contributed by atoms with E-state index in [9.17, 15) is 19.5 Å². The highest BCUT2D eigenvalue weighted by Gasteiger charge is 2.28. The normalized spacial score (nSPS) is 12.9. The number of aliphatic carboxylic acids is 1. The number of rotatable bonds is 8. The van der Waals surface area contributed by atoms with Crippen molar-refractivity contribution in [3.8, 4) is 5.75 Å². The van der Waals surface area contributed by atoms with Crippen molar-refractivity contribution in [2.75, 3.05) is 12.4 Å². The van der Waals surface area contributed by atoms with Gasteiger partial charge in [-0.15, -0.1) is 0 Å². The first-order chi connectivity index (χ1) is 14.2. The van der Waals surface area contributed by atoms with Crippen LogP contribution in [-0.2, 0) is 14.3 Å². The number of ketones is 1. The summed E-state index contributed by atoms with van der Waals surface area (Å²) < 4.78 is 11.6. The van der Waals surface area contributed by atoms with Crippen molar-refractivity contribution in [2.24, 2.45) is 0 Å². The van der Waals surface area contributed by atoms with Gasteiger partial charge in [0, 0.05) is 33.6 Å². The molecule has 0 radical (unpaired) electrons. The number of aromatic hydroxyl groups is 1. The smallest absolute Gasteiger partial charge is 0.412 e. The summed E-state index contributed by atoms with van der Waals surface area (Å²) in [7, 11) is 1.33. The van der Waals surface area contributed by atoms with E-state index in [4.69, 9.17) is 14.6 Å². The van der Waals surface area contributed by atoms with Crippen LogP contribution in [0.5, 0.6) is 5.75 Å². The van der Waals surface area contributed by atoms with Gasteiger partial charge in [0.1, 0.15) is 11.9 Å². The van der Waals surface area contributed by atoms with Crippen molar-refractivity contribution in [3.05, 3.63) is 69.3 Å². The topological polar surface area (TPSA) is 122 Å². The number of methoxy groups -OCH3 is 1. The second-order valence-electron chi connectivity index (χ2n) is 6.19. The Bertz CT molecular complexity index is 956. The van der Waals surface area contributed by atoms with Crippen LogP contribution in [0.3, 0.4) is 0 Å². The Labute approximate surface area is 186 Å². The van der Waals surface area contributed by atoms with Crippen LogP contribution >= 0.6 is 22.6 Å². The van der Waals surface area contributed by atoms with Gasteiger partial charge in [-0.2, -0.15) is 0 Å². The van der Waals surface area contributed by atoms with Crippen molar-refractivity contribution in [3.63, 3.8) is 0 Å². The predicted octanol–water partition coefficient (Wildman–Crippen LogP) is 4.15. The van der Waals surface area contributed by atoms with Gasteiger partial charge in [-0.1, -0.05) is 0 Å². The first kappa shape index (κ1) is 23.4. The van der Waals surface area contributed by atoms with Crippen molar-refractivity contribution < 1.29 is 34.1 Å². The van der Waals surface area contributed by atoms with Gasteiger partial charge in [-0.05, 0) is 78.1 Å². The zero-order chi connectivity index (χ0) is 22.3. The van der Waals surface area contributed by atoms with E-state index in [1.54, 1.807) is 36.4 Å². The van der Waals surface area contributed by atoms with E-state index in [0.29, 0.717) is 11.3 Å². The lowest BCUT2D eigenvalue weighted by Crippen LogP contribution is -2.27. The maximum atomic E-state index is 12.5. The number of phenols is 1. The standard InChI is InChI=1S/C21H20INO7/c1-12(24)13-3-6-15(7-4-13)23-21(28)30-20(18(29-2)9-10-19(26)27)16-11-14(22)5-8-17(16)25/h3-11,18,20,25H,1-2H3,(H,23,28)(H,26,27)/b10-9+/t18-,20-/m1/s1. The summed E-state index contributed by atoms with van der Waals surface area (Å²) in [5.41, 5.74) is 1.14. The molecule has 1 amide bonds.